The highest BCUT2D eigenvalue weighted by molar-refractivity contribution is 7.99. The second kappa shape index (κ2) is 9.22. The lowest BCUT2D eigenvalue weighted by molar-refractivity contribution is -0.111. The van der Waals surface area contributed by atoms with Gasteiger partial charge in [0.2, 0.25) is 5.91 Å². The van der Waals surface area contributed by atoms with E-state index in [2.05, 4.69) is 22.1 Å². The smallest absolute Gasteiger partial charge is 0.261 e. The number of carbonyl (C=O) groups is 2. The highest BCUT2D eigenvalue weighted by Crippen LogP contribution is 2.41. The van der Waals surface area contributed by atoms with E-state index in [-0.39, 0.29) is 18.4 Å². The molecule has 28 heavy (non-hydrogen) atoms. The zero-order valence-electron chi connectivity index (χ0n) is 15.6. The molecule has 0 saturated carbocycles. The summed E-state index contributed by atoms with van der Waals surface area (Å²) in [5.74, 6) is 5.87. The number of nitrogens with one attached hydrogen (secondary N) is 1. The number of nitrogens with zero attached hydrogens (tertiary/aromatic N) is 2. The predicted octanol–water partition coefficient (Wildman–Crippen LogP) is 3.36. The molecule has 1 aliphatic rings. The minimum absolute atomic E-state index is 0.142. The van der Waals surface area contributed by atoms with E-state index in [1.54, 1.807) is 31.1 Å². The lowest BCUT2D eigenvalue weighted by atomic mass is 10.2. The molecule has 1 aromatic carbocycles. The Kier molecular flexibility index (Phi) is 6.48. The van der Waals surface area contributed by atoms with Gasteiger partial charge in [0, 0.05) is 18.1 Å². The van der Waals surface area contributed by atoms with Crippen molar-refractivity contribution in [1.29, 1.82) is 0 Å². The van der Waals surface area contributed by atoms with Gasteiger partial charge in [-0.1, -0.05) is 35.9 Å². The molecule has 0 spiro atoms. The molecule has 0 bridgehead atoms. The third kappa shape index (κ3) is 4.42. The van der Waals surface area contributed by atoms with Gasteiger partial charge in [-0.15, -0.1) is 5.92 Å². The second-order valence-corrected chi connectivity index (χ2v) is 6.89. The van der Waals surface area contributed by atoms with Crippen molar-refractivity contribution in [1.82, 2.24) is 4.98 Å². The molecule has 0 radical (unpaired) electrons. The van der Waals surface area contributed by atoms with E-state index in [1.165, 1.54) is 24.0 Å². The van der Waals surface area contributed by atoms with Crippen LogP contribution in [0, 0.1) is 11.8 Å². The Hall–Kier alpha value is -3.08. The Bertz CT molecular complexity index is 992. The summed E-state index contributed by atoms with van der Waals surface area (Å²) >= 11 is 1.44. The highest BCUT2D eigenvalue weighted by atomic mass is 32.2. The fourth-order valence-electron chi connectivity index (χ4n) is 2.62. The maximum atomic E-state index is 13.0. The van der Waals surface area contributed by atoms with Crippen molar-refractivity contribution in [2.45, 2.75) is 16.7 Å². The van der Waals surface area contributed by atoms with Crippen molar-refractivity contribution in [2.24, 2.45) is 0 Å². The van der Waals surface area contributed by atoms with Crippen molar-refractivity contribution < 1.29 is 14.3 Å². The van der Waals surface area contributed by atoms with Crippen molar-refractivity contribution in [3.63, 3.8) is 0 Å². The number of fused-ring (bicyclic) bond motifs is 2. The van der Waals surface area contributed by atoms with E-state index >= 15 is 0 Å². The van der Waals surface area contributed by atoms with Gasteiger partial charge in [0.25, 0.3) is 5.91 Å². The monoisotopic (exact) mass is 393 g/mol. The fraction of sp³-hybridized carbons (Fsp3) is 0.190. The number of hydrogen-bond donors (Lipinski definition) is 1. The van der Waals surface area contributed by atoms with Crippen LogP contribution in [0.3, 0.4) is 0 Å². The van der Waals surface area contributed by atoms with Crippen LogP contribution in [0.5, 0.6) is 0 Å². The molecular formula is C21H19N3O3S. The van der Waals surface area contributed by atoms with Gasteiger partial charge < -0.3 is 10.1 Å². The molecular weight excluding hydrogens is 374 g/mol. The molecule has 2 heterocycles. The topological polar surface area (TPSA) is 71.5 Å². The van der Waals surface area contributed by atoms with E-state index in [0.717, 1.165) is 9.79 Å². The molecule has 1 N–H and O–H groups in total. The molecule has 1 aliphatic heterocycles. The van der Waals surface area contributed by atoms with Crippen LogP contribution in [0.25, 0.3) is 0 Å². The number of aromatic nitrogens is 1. The summed E-state index contributed by atoms with van der Waals surface area (Å²) in [4.78, 5) is 32.7. The van der Waals surface area contributed by atoms with Crippen molar-refractivity contribution in [2.75, 3.05) is 30.5 Å². The molecule has 2 aromatic rings. The zero-order valence-corrected chi connectivity index (χ0v) is 16.4. The van der Waals surface area contributed by atoms with Gasteiger partial charge in [-0.3, -0.25) is 14.5 Å². The van der Waals surface area contributed by atoms with Gasteiger partial charge in [0.1, 0.15) is 0 Å². The molecule has 1 aromatic heterocycles. The average Bonchev–Trinajstić information content (AvgIpc) is 2.80. The largest absolute Gasteiger partial charge is 0.381 e. The Labute approximate surface area is 168 Å². The summed E-state index contributed by atoms with van der Waals surface area (Å²) in [6.45, 7) is 2.34. The average molecular weight is 393 g/mol. The van der Waals surface area contributed by atoms with E-state index in [4.69, 9.17) is 4.74 Å². The lowest BCUT2D eigenvalue weighted by Gasteiger charge is -2.19. The highest BCUT2D eigenvalue weighted by Gasteiger charge is 2.28. The van der Waals surface area contributed by atoms with Crippen molar-refractivity contribution >= 4 is 35.1 Å². The van der Waals surface area contributed by atoms with Crippen LogP contribution in [0.4, 0.5) is 11.5 Å². The number of pyridine rings is 1. The summed E-state index contributed by atoms with van der Waals surface area (Å²) in [7, 11) is 1.56. The second-order valence-electron chi connectivity index (χ2n) is 5.81. The lowest BCUT2D eigenvalue weighted by Crippen LogP contribution is -2.32. The first-order valence-electron chi connectivity index (χ1n) is 8.59. The maximum Gasteiger partial charge on any atom is 0.261 e. The molecule has 142 valence electrons. The Balaban J connectivity index is 1.96. The normalized spacial score (nSPS) is 12.6. The van der Waals surface area contributed by atoms with Crippen LogP contribution in [-0.2, 0) is 9.53 Å². The molecule has 2 amide bonds. The molecule has 7 heteroatoms. The van der Waals surface area contributed by atoms with Crippen molar-refractivity contribution in [3.8, 4) is 11.8 Å². The van der Waals surface area contributed by atoms with E-state index < -0.39 is 0 Å². The number of amides is 2. The van der Waals surface area contributed by atoms with E-state index in [9.17, 15) is 9.59 Å². The third-order valence-electron chi connectivity index (χ3n) is 3.88. The van der Waals surface area contributed by atoms with Crippen LogP contribution >= 0.6 is 11.8 Å². The fourth-order valence-corrected chi connectivity index (χ4v) is 3.70. The molecule has 0 fully saturated rings. The summed E-state index contributed by atoms with van der Waals surface area (Å²) in [6, 6.07) is 9.24. The van der Waals surface area contributed by atoms with Crippen LogP contribution in [-0.4, -0.2) is 37.1 Å². The Morgan fingerprint density at radius 3 is 2.96 bits per heavy atom. The van der Waals surface area contributed by atoms with Crippen LogP contribution in [0.15, 0.2) is 58.5 Å². The van der Waals surface area contributed by atoms with Crippen molar-refractivity contribution in [3.05, 3.63) is 54.2 Å². The number of benzene rings is 1. The van der Waals surface area contributed by atoms with Crippen LogP contribution in [0.2, 0.25) is 0 Å². The zero-order chi connectivity index (χ0) is 19.9. The minimum Gasteiger partial charge on any atom is -0.381 e. The predicted molar refractivity (Wildman–Crippen MR) is 110 cm³/mol. The first-order chi connectivity index (χ1) is 13.6. The van der Waals surface area contributed by atoms with Gasteiger partial charge >= 0.3 is 0 Å². The minimum atomic E-state index is -0.275. The summed E-state index contributed by atoms with van der Waals surface area (Å²) in [5.41, 5.74) is 1.16. The quantitative estimate of drug-likeness (QED) is 0.623. The van der Waals surface area contributed by atoms with Gasteiger partial charge in [0.05, 0.1) is 35.5 Å². The molecule has 6 nitrogen and oxygen atoms in total. The molecule has 0 unspecified atom stereocenters. The summed E-state index contributed by atoms with van der Waals surface area (Å²) in [6.07, 6.45) is 4.57. The van der Waals surface area contributed by atoms with Gasteiger partial charge in [-0.05, 0) is 25.1 Å². The first-order valence-corrected chi connectivity index (χ1v) is 9.40. The standard InChI is InChI=1S/C21H19N3O3S/c1-3-4-11-24-20-18(28-17-9-6-5-8-16(17)21(24)26)13-15(14-22-20)23-19(25)10-7-12-27-2/h5-10,13-14H,11-12H2,1-2H3,(H,23,25)/b10-7+. The maximum absolute atomic E-state index is 13.0. The number of rotatable bonds is 5. The number of ether oxygens (including phenoxy) is 1. The number of carbonyl (C=O) groups excluding carboxylic acids is 2. The molecule has 0 atom stereocenters. The van der Waals surface area contributed by atoms with Gasteiger partial charge in [-0.2, -0.15) is 0 Å². The van der Waals surface area contributed by atoms with Crippen LogP contribution < -0.4 is 10.2 Å². The molecule has 3 rings (SSSR count). The SMILES string of the molecule is CC#CCN1C(=O)c2ccccc2Sc2cc(NC(=O)/C=C/COC)cnc21. The third-order valence-corrected chi connectivity index (χ3v) is 4.98. The number of methoxy groups -OCH3 is 1. The number of anilines is 2. The van der Waals surface area contributed by atoms with Gasteiger partial charge in [-0.25, -0.2) is 4.98 Å². The summed E-state index contributed by atoms with van der Waals surface area (Å²) < 4.78 is 4.89. The Morgan fingerprint density at radius 1 is 1.36 bits per heavy atom. The van der Waals surface area contributed by atoms with E-state index in [1.807, 2.05) is 24.3 Å². The first kappa shape index (κ1) is 19.7. The molecule has 0 saturated heterocycles. The van der Waals surface area contributed by atoms with Gasteiger partial charge in [0.15, 0.2) is 5.82 Å². The van der Waals surface area contributed by atoms with Crippen LogP contribution in [0.1, 0.15) is 17.3 Å². The number of hydrogen-bond acceptors (Lipinski definition) is 5. The Morgan fingerprint density at radius 2 is 2.18 bits per heavy atom. The van der Waals surface area contributed by atoms with E-state index in [0.29, 0.717) is 23.7 Å². The summed E-state index contributed by atoms with van der Waals surface area (Å²) in [5, 5.41) is 2.78. The molecule has 0 aliphatic carbocycles.